The lowest BCUT2D eigenvalue weighted by Crippen LogP contribution is -2.46. The third-order valence-electron chi connectivity index (χ3n) is 4.77. The molecule has 1 aromatic rings. The van der Waals surface area contributed by atoms with Gasteiger partial charge in [-0.2, -0.15) is 0 Å². The van der Waals surface area contributed by atoms with E-state index in [2.05, 4.69) is 17.2 Å². The van der Waals surface area contributed by atoms with Crippen molar-refractivity contribution < 1.29 is 9.84 Å². The topological polar surface area (TPSA) is 41.5 Å². The van der Waals surface area contributed by atoms with E-state index in [4.69, 9.17) is 16.3 Å². The van der Waals surface area contributed by atoms with E-state index < -0.39 is 5.60 Å². The zero-order valence-corrected chi connectivity index (χ0v) is 14.1. The number of halogens is 1. The van der Waals surface area contributed by atoms with Gasteiger partial charge in [0.25, 0.3) is 0 Å². The molecule has 1 aliphatic carbocycles. The predicted molar refractivity (Wildman–Crippen MR) is 92.5 cm³/mol. The molecule has 3 nitrogen and oxygen atoms in total. The van der Waals surface area contributed by atoms with Gasteiger partial charge in [0, 0.05) is 35.9 Å². The summed E-state index contributed by atoms with van der Waals surface area (Å²) in [4.78, 5) is 0. The highest BCUT2D eigenvalue weighted by molar-refractivity contribution is 6.30. The van der Waals surface area contributed by atoms with Gasteiger partial charge in [-0.1, -0.05) is 29.5 Å². The summed E-state index contributed by atoms with van der Waals surface area (Å²) in [6.45, 7) is 1.72. The maximum absolute atomic E-state index is 10.7. The zero-order chi connectivity index (χ0) is 16.1. The fourth-order valence-corrected chi connectivity index (χ4v) is 3.53. The summed E-state index contributed by atoms with van der Waals surface area (Å²) in [6.07, 6.45) is 5.57. The summed E-state index contributed by atoms with van der Waals surface area (Å²) >= 11 is 5.97. The van der Waals surface area contributed by atoms with Gasteiger partial charge < -0.3 is 15.2 Å². The van der Waals surface area contributed by atoms with E-state index in [0.717, 1.165) is 57.3 Å². The Morgan fingerprint density at radius 2 is 1.83 bits per heavy atom. The lowest BCUT2D eigenvalue weighted by atomic mass is 9.82. The van der Waals surface area contributed by atoms with Gasteiger partial charge >= 0.3 is 0 Å². The summed E-state index contributed by atoms with van der Waals surface area (Å²) < 4.78 is 5.40. The van der Waals surface area contributed by atoms with Gasteiger partial charge in [0.05, 0.1) is 0 Å². The smallest absolute Gasteiger partial charge is 0.126 e. The van der Waals surface area contributed by atoms with Crippen molar-refractivity contribution in [2.75, 3.05) is 13.2 Å². The number of nitrogens with one attached hydrogen (secondary N) is 1. The van der Waals surface area contributed by atoms with Crippen molar-refractivity contribution in [1.82, 2.24) is 5.32 Å². The number of hydrogen-bond acceptors (Lipinski definition) is 3. The van der Waals surface area contributed by atoms with E-state index in [0.29, 0.717) is 17.1 Å². The van der Waals surface area contributed by atoms with Crippen LogP contribution < -0.4 is 5.32 Å². The van der Waals surface area contributed by atoms with E-state index in [1.807, 2.05) is 24.3 Å². The fraction of sp³-hybridized carbons (Fsp3) is 0.579. The Labute approximate surface area is 143 Å². The molecule has 0 radical (unpaired) electrons. The average molecular weight is 334 g/mol. The van der Waals surface area contributed by atoms with Gasteiger partial charge in [0.1, 0.15) is 5.60 Å². The van der Waals surface area contributed by atoms with Gasteiger partial charge in [-0.15, -0.1) is 0 Å². The Bertz CT molecular complexity index is 579. The third-order valence-corrected chi connectivity index (χ3v) is 5.00. The molecule has 1 saturated heterocycles. The molecule has 0 bridgehead atoms. The first-order valence-corrected chi connectivity index (χ1v) is 8.86. The number of rotatable bonds is 2. The van der Waals surface area contributed by atoms with Crippen molar-refractivity contribution in [3.8, 4) is 11.8 Å². The molecule has 2 N–H and O–H groups in total. The van der Waals surface area contributed by atoms with Crippen LogP contribution in [0.4, 0.5) is 0 Å². The molecule has 2 fully saturated rings. The normalized spacial score (nSPS) is 28.9. The molecule has 1 aromatic carbocycles. The minimum Gasteiger partial charge on any atom is -0.381 e. The van der Waals surface area contributed by atoms with Gasteiger partial charge in [-0.05, 0) is 56.7 Å². The maximum Gasteiger partial charge on any atom is 0.126 e. The van der Waals surface area contributed by atoms with Crippen LogP contribution in [0.2, 0.25) is 5.02 Å². The lowest BCUT2D eigenvalue weighted by molar-refractivity contribution is 0.0403. The predicted octanol–water partition coefficient (Wildman–Crippen LogP) is 3.13. The van der Waals surface area contributed by atoms with Crippen molar-refractivity contribution in [1.29, 1.82) is 0 Å². The van der Waals surface area contributed by atoms with Crippen LogP contribution in [-0.4, -0.2) is 36.0 Å². The Hall–Kier alpha value is -1.05. The molecule has 124 valence electrons. The summed E-state index contributed by atoms with van der Waals surface area (Å²) in [6, 6.07) is 8.51. The summed E-state index contributed by atoms with van der Waals surface area (Å²) in [5, 5.41) is 15.1. The highest BCUT2D eigenvalue weighted by Gasteiger charge is 2.32. The first-order chi connectivity index (χ1) is 11.1. The molecule has 23 heavy (non-hydrogen) atoms. The Morgan fingerprint density at radius 3 is 2.52 bits per heavy atom. The molecule has 1 heterocycles. The average Bonchev–Trinajstić information content (AvgIpc) is 2.57. The second kappa shape index (κ2) is 7.68. The van der Waals surface area contributed by atoms with Crippen LogP contribution in [0.3, 0.4) is 0 Å². The Morgan fingerprint density at radius 1 is 1.13 bits per heavy atom. The maximum atomic E-state index is 10.7. The highest BCUT2D eigenvalue weighted by atomic mass is 35.5. The number of ether oxygens (including phenoxy) is 1. The Balaban J connectivity index is 1.53. The molecule has 0 aromatic heterocycles. The molecule has 0 spiro atoms. The van der Waals surface area contributed by atoms with Crippen molar-refractivity contribution in [3.05, 3.63) is 34.9 Å². The Kier molecular flexibility index (Phi) is 5.61. The number of benzene rings is 1. The standard InChI is InChI=1S/C19H24ClNO2/c20-16-3-1-2-15(14-16)4-9-19(22)10-5-17(6-11-19)21-18-7-12-23-13-8-18/h1-3,14,17-18,21-22H,5-8,10-13H2. The number of aliphatic hydroxyl groups is 1. The molecular weight excluding hydrogens is 310 g/mol. The lowest BCUT2D eigenvalue weighted by Gasteiger charge is -2.35. The molecule has 0 amide bonds. The minimum atomic E-state index is -0.865. The summed E-state index contributed by atoms with van der Waals surface area (Å²) in [5.74, 6) is 6.14. The van der Waals surface area contributed by atoms with Crippen LogP contribution in [-0.2, 0) is 4.74 Å². The first kappa shape index (κ1) is 16.8. The monoisotopic (exact) mass is 333 g/mol. The van der Waals surface area contributed by atoms with Crippen molar-refractivity contribution >= 4 is 11.6 Å². The van der Waals surface area contributed by atoms with E-state index in [1.165, 1.54) is 0 Å². The van der Waals surface area contributed by atoms with Gasteiger partial charge in [-0.25, -0.2) is 0 Å². The quantitative estimate of drug-likeness (QED) is 0.817. The molecule has 1 saturated carbocycles. The van der Waals surface area contributed by atoms with Crippen LogP contribution in [0.15, 0.2) is 24.3 Å². The molecule has 0 unspecified atom stereocenters. The zero-order valence-electron chi connectivity index (χ0n) is 13.4. The van der Waals surface area contributed by atoms with E-state index in [9.17, 15) is 5.11 Å². The third kappa shape index (κ3) is 4.96. The van der Waals surface area contributed by atoms with Gasteiger partial charge in [0.15, 0.2) is 0 Å². The van der Waals surface area contributed by atoms with Gasteiger partial charge in [-0.3, -0.25) is 0 Å². The van der Waals surface area contributed by atoms with E-state index in [1.54, 1.807) is 0 Å². The fourth-order valence-electron chi connectivity index (χ4n) is 3.34. The van der Waals surface area contributed by atoms with Crippen molar-refractivity contribution in [3.63, 3.8) is 0 Å². The van der Waals surface area contributed by atoms with Crippen molar-refractivity contribution in [2.24, 2.45) is 0 Å². The SMILES string of the molecule is OC1(C#Cc2cccc(Cl)c2)CCC(NC2CCOCC2)CC1. The molecule has 3 rings (SSSR count). The largest absolute Gasteiger partial charge is 0.381 e. The summed E-state index contributed by atoms with van der Waals surface area (Å²) in [7, 11) is 0. The minimum absolute atomic E-state index is 0.492. The summed E-state index contributed by atoms with van der Waals surface area (Å²) in [5.41, 5.74) is -0.00993. The van der Waals surface area contributed by atoms with Crippen LogP contribution in [0.5, 0.6) is 0 Å². The highest BCUT2D eigenvalue weighted by Crippen LogP contribution is 2.28. The van der Waals surface area contributed by atoms with E-state index >= 15 is 0 Å². The molecule has 2 aliphatic rings. The van der Waals surface area contributed by atoms with Crippen LogP contribution >= 0.6 is 11.6 Å². The second-order valence-electron chi connectivity index (χ2n) is 6.62. The second-order valence-corrected chi connectivity index (χ2v) is 7.06. The molecular formula is C19H24ClNO2. The van der Waals surface area contributed by atoms with E-state index in [-0.39, 0.29) is 0 Å². The molecule has 1 aliphatic heterocycles. The van der Waals surface area contributed by atoms with Gasteiger partial charge in [0.2, 0.25) is 0 Å². The van der Waals surface area contributed by atoms with Crippen molar-refractivity contribution in [2.45, 2.75) is 56.2 Å². The first-order valence-electron chi connectivity index (χ1n) is 8.48. The van der Waals surface area contributed by atoms with Crippen LogP contribution in [0.25, 0.3) is 0 Å². The molecule has 4 heteroatoms. The van der Waals surface area contributed by atoms with Crippen LogP contribution in [0, 0.1) is 11.8 Å². The van der Waals surface area contributed by atoms with Crippen LogP contribution in [0.1, 0.15) is 44.1 Å². The molecule has 0 atom stereocenters. The number of hydrogen-bond donors (Lipinski definition) is 2.